The monoisotopic (exact) mass is 790 g/mol. The molecule has 3 aliphatic heterocycles. The largest absolute Gasteiger partial charge is 0.394 e. The quantitative estimate of drug-likeness (QED) is 0.0750. The lowest BCUT2D eigenvalue weighted by Crippen LogP contribution is -2.65. The SMILES string of the molecule is [N-]=[N+]=NC[C@@H]1OC(OC2[C@@H](O)[C@H](O[C@H]3[C@H](O[C@H]4O[C@H](CN=[N+]=[N-])C(F)(F)[C@H](O)C4N=[N+]=[N-])C(N=[N+]=[N-])CC(N=[N+]=[N-])[C@@H]3O)O[C@@H]2CO)C(N=[N+]=[N-])[C@@H](O)[C@@H]1O. The van der Waals surface area contributed by atoms with Crippen LogP contribution >= 0.6 is 0 Å². The molecule has 1 saturated carbocycles. The molecule has 30 nitrogen and oxygen atoms in total. The minimum absolute atomic E-state index is 0.482. The van der Waals surface area contributed by atoms with Crippen molar-refractivity contribution in [2.24, 2.45) is 30.7 Å². The summed E-state index contributed by atoms with van der Waals surface area (Å²) < 4.78 is 64.0. The molecule has 0 spiro atoms. The number of alkyl halides is 2. The van der Waals surface area contributed by atoms with E-state index in [1.165, 1.54) is 0 Å². The van der Waals surface area contributed by atoms with Crippen molar-refractivity contribution in [2.75, 3.05) is 19.7 Å². The molecule has 1 aliphatic carbocycles. The van der Waals surface area contributed by atoms with E-state index >= 15 is 8.78 Å². The number of aliphatic hydroxyl groups is 6. The Bertz CT molecular complexity index is 1650. The highest BCUT2D eigenvalue weighted by Gasteiger charge is 2.60. The van der Waals surface area contributed by atoms with Crippen LogP contribution in [0.5, 0.6) is 0 Å². The third kappa shape index (κ3) is 9.21. The Kier molecular flexibility index (Phi) is 15.0. The summed E-state index contributed by atoms with van der Waals surface area (Å²) in [4.78, 5) is 15.3. The highest BCUT2D eigenvalue weighted by Crippen LogP contribution is 2.41. The second-order valence-electron chi connectivity index (χ2n) is 12.1. The fourth-order valence-electron chi connectivity index (χ4n) is 6.38. The molecule has 4 fully saturated rings. The van der Waals surface area contributed by atoms with Crippen molar-refractivity contribution in [3.05, 3.63) is 62.7 Å². The molecule has 4 rings (SSSR count). The van der Waals surface area contributed by atoms with Crippen LogP contribution in [0.25, 0.3) is 62.7 Å². The number of azide groups is 6. The molecule has 55 heavy (non-hydrogen) atoms. The van der Waals surface area contributed by atoms with Gasteiger partial charge in [-0.15, -0.1) is 0 Å². The fourth-order valence-corrected chi connectivity index (χ4v) is 6.38. The van der Waals surface area contributed by atoms with E-state index in [0.717, 1.165) is 0 Å². The molecule has 0 amide bonds. The lowest BCUT2D eigenvalue weighted by atomic mass is 9.84. The summed E-state index contributed by atoms with van der Waals surface area (Å²) in [5.74, 6) is -4.18. The Morgan fingerprint density at radius 3 is 1.75 bits per heavy atom. The summed E-state index contributed by atoms with van der Waals surface area (Å²) >= 11 is 0. The van der Waals surface area contributed by atoms with E-state index in [1.54, 1.807) is 0 Å². The second-order valence-corrected chi connectivity index (χ2v) is 12.1. The average molecular weight is 791 g/mol. The molecular formula is C23H32F2N18O12. The average Bonchev–Trinajstić information content (AvgIpc) is 3.46. The Balaban J connectivity index is 1.68. The Morgan fingerprint density at radius 2 is 1.13 bits per heavy atom. The molecule has 18 atom stereocenters. The van der Waals surface area contributed by atoms with E-state index in [4.69, 9.17) is 56.1 Å². The third-order valence-corrected chi connectivity index (χ3v) is 9.06. The number of nitrogens with zero attached hydrogens (tertiary/aromatic N) is 18. The lowest BCUT2D eigenvalue weighted by Gasteiger charge is -2.47. The van der Waals surface area contributed by atoms with Crippen LogP contribution in [0, 0.1) is 0 Å². The number of aliphatic hydroxyl groups excluding tert-OH is 6. The first-order chi connectivity index (χ1) is 26.3. The maximum atomic E-state index is 15.0. The summed E-state index contributed by atoms with van der Waals surface area (Å²) in [6.07, 6.45) is -27.6. The van der Waals surface area contributed by atoms with Crippen LogP contribution in [0.4, 0.5) is 8.78 Å². The molecule has 6 unspecified atom stereocenters. The van der Waals surface area contributed by atoms with Gasteiger partial charge in [-0.25, -0.2) is 8.78 Å². The zero-order valence-electron chi connectivity index (χ0n) is 27.7. The maximum Gasteiger partial charge on any atom is 0.299 e. The van der Waals surface area contributed by atoms with Crippen molar-refractivity contribution in [1.82, 2.24) is 0 Å². The van der Waals surface area contributed by atoms with Crippen molar-refractivity contribution in [2.45, 2.75) is 123 Å². The fraction of sp³-hybridized carbons (Fsp3) is 1.00. The minimum Gasteiger partial charge on any atom is -0.394 e. The molecule has 0 aromatic rings. The van der Waals surface area contributed by atoms with Crippen LogP contribution in [-0.4, -0.2) is 166 Å². The predicted octanol–water partition coefficient (Wildman–Crippen LogP) is 0.489. The molecule has 3 heterocycles. The van der Waals surface area contributed by atoms with E-state index in [2.05, 4.69) is 60.2 Å². The smallest absolute Gasteiger partial charge is 0.299 e. The molecule has 0 aromatic heterocycles. The second kappa shape index (κ2) is 19.2. The van der Waals surface area contributed by atoms with E-state index in [1.807, 2.05) is 0 Å². The van der Waals surface area contributed by atoms with Gasteiger partial charge in [0.15, 0.2) is 18.9 Å². The van der Waals surface area contributed by atoms with E-state index in [9.17, 15) is 36.2 Å². The van der Waals surface area contributed by atoms with Gasteiger partial charge in [0, 0.05) is 29.5 Å². The topological polar surface area (TPSA) is 469 Å². The van der Waals surface area contributed by atoms with Gasteiger partial charge in [0.1, 0.15) is 54.8 Å². The van der Waals surface area contributed by atoms with Crippen LogP contribution in [0.15, 0.2) is 30.7 Å². The van der Waals surface area contributed by atoms with Gasteiger partial charge in [0.2, 0.25) is 0 Å². The van der Waals surface area contributed by atoms with Gasteiger partial charge in [-0.1, -0.05) is 30.7 Å². The Morgan fingerprint density at radius 1 is 0.582 bits per heavy atom. The molecule has 300 valence electrons. The summed E-state index contributed by atoms with van der Waals surface area (Å²) in [6.45, 7) is -2.52. The lowest BCUT2D eigenvalue weighted by molar-refractivity contribution is -0.333. The number of hydrogen-bond donors (Lipinski definition) is 6. The van der Waals surface area contributed by atoms with E-state index < -0.39 is 142 Å². The van der Waals surface area contributed by atoms with E-state index in [-0.39, 0.29) is 0 Å². The van der Waals surface area contributed by atoms with Crippen molar-refractivity contribution >= 4 is 0 Å². The van der Waals surface area contributed by atoms with Gasteiger partial charge >= 0.3 is 0 Å². The number of ether oxygens (including phenoxy) is 6. The predicted molar refractivity (Wildman–Crippen MR) is 167 cm³/mol. The molecule has 0 aromatic carbocycles. The Labute approximate surface area is 303 Å². The van der Waals surface area contributed by atoms with Crippen molar-refractivity contribution in [1.29, 1.82) is 0 Å². The molecular weight excluding hydrogens is 758 g/mol. The summed E-state index contributed by atoms with van der Waals surface area (Å²) in [5, 5.41) is 84.2. The van der Waals surface area contributed by atoms with Gasteiger partial charge in [0.05, 0.1) is 56.2 Å². The highest BCUT2D eigenvalue weighted by atomic mass is 19.3. The zero-order valence-corrected chi connectivity index (χ0v) is 27.7. The van der Waals surface area contributed by atoms with Gasteiger partial charge in [-0.3, -0.25) is 0 Å². The number of halogens is 2. The van der Waals surface area contributed by atoms with Crippen molar-refractivity contribution < 1.29 is 67.8 Å². The van der Waals surface area contributed by atoms with Gasteiger partial charge < -0.3 is 59.1 Å². The van der Waals surface area contributed by atoms with Gasteiger partial charge in [0.25, 0.3) is 5.92 Å². The number of rotatable bonds is 15. The molecule has 4 aliphatic rings. The number of hydrogen-bond acceptors (Lipinski definition) is 18. The summed E-state index contributed by atoms with van der Waals surface area (Å²) in [7, 11) is 0. The first-order valence-corrected chi connectivity index (χ1v) is 15.8. The molecule has 0 radical (unpaired) electrons. The molecule has 0 bridgehead atoms. The standard InChI is InChI=1S/C23H32F2N18O12/c24-23(25)9(3-33-39-27)52-21(11(19(23)49)37-43-31)53-16-6(35-41-29)1-5(34-40-28)12(45)18(16)55-22-15(48)17(8(4-44)51-22)54-20-10(36-42-30)14(47)13(46)7(50-20)2-32-38-26/h5-22,44-49H,1-4H2/t5?,6?,7-,8+,9+,10?,11?,12-,13+,14+,15+,16+,17?,18+,19+,20?,21+,22-/m0/s1. The normalized spacial score (nSPS) is 42.1. The Hall–Kier alpha value is -4.76. The van der Waals surface area contributed by atoms with Gasteiger partial charge in [-0.05, 0) is 39.6 Å². The zero-order chi connectivity index (χ0) is 40.4. The first-order valence-electron chi connectivity index (χ1n) is 15.8. The van der Waals surface area contributed by atoms with Crippen LogP contribution in [-0.2, 0) is 28.4 Å². The van der Waals surface area contributed by atoms with Crippen LogP contribution in [0.3, 0.4) is 0 Å². The summed E-state index contributed by atoms with van der Waals surface area (Å²) in [5.41, 5.74) is 54.0. The van der Waals surface area contributed by atoms with Gasteiger partial charge in [-0.2, -0.15) is 0 Å². The molecule has 6 N–H and O–H groups in total. The third-order valence-electron chi connectivity index (χ3n) is 9.06. The van der Waals surface area contributed by atoms with Crippen LogP contribution < -0.4 is 0 Å². The van der Waals surface area contributed by atoms with Crippen molar-refractivity contribution in [3.63, 3.8) is 0 Å². The highest BCUT2D eigenvalue weighted by molar-refractivity contribution is 5.05. The van der Waals surface area contributed by atoms with E-state index in [0.29, 0.717) is 0 Å². The maximum absolute atomic E-state index is 15.0. The van der Waals surface area contributed by atoms with Crippen LogP contribution in [0.1, 0.15) is 6.42 Å². The molecule has 32 heteroatoms. The first kappa shape index (κ1) is 43.0. The molecule has 3 saturated heterocycles. The minimum atomic E-state index is -4.18. The van der Waals surface area contributed by atoms with Crippen LogP contribution in [0.2, 0.25) is 0 Å². The summed E-state index contributed by atoms with van der Waals surface area (Å²) in [6, 6.07) is -6.91. The van der Waals surface area contributed by atoms with Crippen molar-refractivity contribution in [3.8, 4) is 0 Å².